The van der Waals surface area contributed by atoms with Gasteiger partial charge in [0.1, 0.15) is 5.60 Å². The van der Waals surface area contributed by atoms with E-state index in [9.17, 15) is 18.0 Å². The molecule has 0 radical (unpaired) electrons. The van der Waals surface area contributed by atoms with Crippen molar-refractivity contribution in [2.24, 2.45) is 0 Å². The molecule has 0 atom stereocenters. The lowest BCUT2D eigenvalue weighted by Gasteiger charge is -2.19. The van der Waals surface area contributed by atoms with Gasteiger partial charge in [0.2, 0.25) is 0 Å². The van der Waals surface area contributed by atoms with Gasteiger partial charge in [0.05, 0.1) is 12.1 Å². The Morgan fingerprint density at radius 1 is 1.32 bits per heavy atom. The summed E-state index contributed by atoms with van der Waals surface area (Å²) in [5.41, 5.74) is -1.62. The summed E-state index contributed by atoms with van der Waals surface area (Å²) in [5.74, 6) is 4.88. The fraction of sp³-hybridized carbons (Fsp3) is 0.400. The minimum Gasteiger partial charge on any atom is -0.444 e. The molecule has 1 aromatic carbocycles. The van der Waals surface area contributed by atoms with Crippen LogP contribution >= 0.6 is 15.9 Å². The van der Waals surface area contributed by atoms with E-state index in [1.807, 2.05) is 0 Å². The van der Waals surface area contributed by atoms with Crippen LogP contribution in [-0.4, -0.2) is 18.2 Å². The van der Waals surface area contributed by atoms with Crippen LogP contribution in [0.1, 0.15) is 31.9 Å². The van der Waals surface area contributed by atoms with Gasteiger partial charge in [-0.25, -0.2) is 4.79 Å². The summed E-state index contributed by atoms with van der Waals surface area (Å²) in [5, 5.41) is 2.35. The van der Waals surface area contributed by atoms with Crippen molar-refractivity contribution in [1.82, 2.24) is 5.32 Å². The van der Waals surface area contributed by atoms with E-state index in [2.05, 4.69) is 33.1 Å². The highest BCUT2D eigenvalue weighted by molar-refractivity contribution is 9.10. The number of nitrogens with one attached hydrogen (secondary N) is 1. The molecule has 0 fully saturated rings. The lowest BCUT2D eigenvalue weighted by atomic mass is 10.1. The topological polar surface area (TPSA) is 38.3 Å². The first-order valence-corrected chi connectivity index (χ1v) is 7.11. The predicted octanol–water partition coefficient (Wildman–Crippen LogP) is 4.34. The van der Waals surface area contributed by atoms with Crippen LogP contribution in [0.25, 0.3) is 0 Å². The maximum atomic E-state index is 12.9. The summed E-state index contributed by atoms with van der Waals surface area (Å²) in [6, 6.07) is 3.71. The molecule has 0 unspecified atom stereocenters. The molecule has 0 aliphatic carbocycles. The van der Waals surface area contributed by atoms with E-state index in [-0.39, 0.29) is 12.1 Å². The van der Waals surface area contributed by atoms with E-state index in [0.717, 1.165) is 6.07 Å². The molecule has 0 saturated heterocycles. The van der Waals surface area contributed by atoms with Crippen LogP contribution in [0.4, 0.5) is 18.0 Å². The highest BCUT2D eigenvalue weighted by atomic mass is 79.9. The fourth-order valence-electron chi connectivity index (χ4n) is 1.43. The Morgan fingerprint density at radius 3 is 2.50 bits per heavy atom. The largest absolute Gasteiger partial charge is 0.444 e. The molecule has 120 valence electrons. The van der Waals surface area contributed by atoms with Gasteiger partial charge in [0, 0.05) is 10.0 Å². The monoisotopic (exact) mass is 377 g/mol. The number of benzene rings is 1. The second-order valence-corrected chi connectivity index (χ2v) is 6.26. The molecule has 0 bridgehead atoms. The number of carbonyl (C=O) groups is 1. The molecule has 1 N–H and O–H groups in total. The first-order valence-electron chi connectivity index (χ1n) is 6.31. The average Bonchev–Trinajstić information content (AvgIpc) is 2.32. The minimum absolute atomic E-state index is 0.109. The summed E-state index contributed by atoms with van der Waals surface area (Å²) >= 11 is 3.00. The van der Waals surface area contributed by atoms with E-state index in [1.165, 1.54) is 12.1 Å². The number of alkyl halides is 3. The molecule has 22 heavy (non-hydrogen) atoms. The van der Waals surface area contributed by atoms with Gasteiger partial charge in [-0.15, -0.1) is 0 Å². The third kappa shape index (κ3) is 6.39. The number of amides is 1. The van der Waals surface area contributed by atoms with Crippen molar-refractivity contribution in [1.29, 1.82) is 0 Å². The Bertz CT molecular complexity index is 610. The Labute approximate surface area is 135 Å². The number of hydrogen-bond acceptors (Lipinski definition) is 2. The van der Waals surface area contributed by atoms with Crippen molar-refractivity contribution in [3.63, 3.8) is 0 Å². The Hall–Kier alpha value is -1.68. The van der Waals surface area contributed by atoms with Crippen LogP contribution in [0.15, 0.2) is 22.7 Å². The van der Waals surface area contributed by atoms with Gasteiger partial charge in [-0.1, -0.05) is 27.8 Å². The zero-order valence-corrected chi connectivity index (χ0v) is 13.9. The third-order valence-electron chi connectivity index (χ3n) is 2.23. The zero-order valence-electron chi connectivity index (χ0n) is 12.3. The molecule has 7 heteroatoms. The summed E-state index contributed by atoms with van der Waals surface area (Å²) < 4.78 is 43.9. The van der Waals surface area contributed by atoms with Crippen molar-refractivity contribution >= 4 is 22.0 Å². The Balaban J connectivity index is 2.76. The maximum Gasteiger partial charge on any atom is 0.417 e. The van der Waals surface area contributed by atoms with Crippen molar-refractivity contribution in [2.75, 3.05) is 6.54 Å². The third-order valence-corrected chi connectivity index (χ3v) is 2.72. The molecule has 0 aliphatic heterocycles. The van der Waals surface area contributed by atoms with Crippen LogP contribution in [0.3, 0.4) is 0 Å². The van der Waals surface area contributed by atoms with Gasteiger partial charge in [-0.2, -0.15) is 13.2 Å². The second kappa shape index (κ2) is 7.05. The summed E-state index contributed by atoms with van der Waals surface area (Å²) in [7, 11) is 0. The van der Waals surface area contributed by atoms with E-state index >= 15 is 0 Å². The first kappa shape index (κ1) is 18.4. The number of rotatable bonds is 1. The quantitative estimate of drug-likeness (QED) is 0.739. The van der Waals surface area contributed by atoms with Crippen molar-refractivity contribution < 1.29 is 22.7 Å². The maximum absolute atomic E-state index is 12.9. The standard InChI is InChI=1S/C15H15BrF3NO2/c1-14(2,3)22-13(21)20-8-4-5-10-6-7-11(16)9-12(10)15(17,18)19/h6-7,9H,8H2,1-3H3,(H,20,21). The first-order chi connectivity index (χ1) is 9.99. The van der Waals surface area contributed by atoms with Crippen LogP contribution in [0.5, 0.6) is 0 Å². The molecular formula is C15H15BrF3NO2. The van der Waals surface area contributed by atoms with Crippen LogP contribution in [-0.2, 0) is 10.9 Å². The van der Waals surface area contributed by atoms with E-state index in [0.29, 0.717) is 4.47 Å². The normalized spacial score (nSPS) is 11.4. The lowest BCUT2D eigenvalue weighted by Crippen LogP contribution is -2.32. The van der Waals surface area contributed by atoms with Gasteiger partial charge in [-0.3, -0.25) is 0 Å². The summed E-state index contributed by atoms with van der Waals surface area (Å²) in [4.78, 5) is 11.4. The lowest BCUT2D eigenvalue weighted by molar-refractivity contribution is -0.137. The summed E-state index contributed by atoms with van der Waals surface area (Å²) in [6.07, 6.45) is -5.17. The number of hydrogen-bond donors (Lipinski definition) is 1. The van der Waals surface area contributed by atoms with Gasteiger partial charge < -0.3 is 10.1 Å². The van der Waals surface area contributed by atoms with E-state index in [4.69, 9.17) is 4.74 Å². The fourth-order valence-corrected chi connectivity index (χ4v) is 1.79. The van der Waals surface area contributed by atoms with Crippen LogP contribution in [0.2, 0.25) is 0 Å². The van der Waals surface area contributed by atoms with Crippen molar-refractivity contribution in [3.05, 3.63) is 33.8 Å². The van der Waals surface area contributed by atoms with Gasteiger partial charge in [0.25, 0.3) is 0 Å². The second-order valence-electron chi connectivity index (χ2n) is 5.34. The highest BCUT2D eigenvalue weighted by Crippen LogP contribution is 2.33. The molecule has 1 aromatic rings. The minimum atomic E-state index is -4.49. The number of alkyl carbamates (subject to hydrolysis) is 1. The van der Waals surface area contributed by atoms with Crippen LogP contribution in [0, 0.1) is 11.8 Å². The number of ether oxygens (including phenoxy) is 1. The van der Waals surface area contributed by atoms with Crippen LogP contribution < -0.4 is 5.32 Å². The molecule has 1 amide bonds. The zero-order chi connectivity index (χ0) is 17.0. The highest BCUT2D eigenvalue weighted by Gasteiger charge is 2.33. The molecule has 0 aliphatic rings. The smallest absolute Gasteiger partial charge is 0.417 e. The number of carbonyl (C=O) groups excluding carboxylic acids is 1. The molecular weight excluding hydrogens is 363 g/mol. The van der Waals surface area contributed by atoms with Gasteiger partial charge >= 0.3 is 12.3 Å². The molecule has 3 nitrogen and oxygen atoms in total. The van der Waals surface area contributed by atoms with Gasteiger partial charge in [-0.05, 0) is 39.0 Å². The molecule has 0 aromatic heterocycles. The molecule has 0 spiro atoms. The SMILES string of the molecule is CC(C)(C)OC(=O)NCC#Cc1ccc(Br)cc1C(F)(F)F. The Morgan fingerprint density at radius 2 is 1.95 bits per heavy atom. The van der Waals surface area contributed by atoms with Crippen molar-refractivity contribution in [3.8, 4) is 11.8 Å². The molecule has 0 heterocycles. The molecule has 1 rings (SSSR count). The molecule has 0 saturated carbocycles. The summed E-state index contributed by atoms with van der Waals surface area (Å²) in [6.45, 7) is 5.00. The average molecular weight is 378 g/mol. The van der Waals surface area contributed by atoms with Gasteiger partial charge in [0.15, 0.2) is 0 Å². The number of halogens is 4. The predicted molar refractivity (Wildman–Crippen MR) is 80.3 cm³/mol. The van der Waals surface area contributed by atoms with E-state index in [1.54, 1.807) is 20.8 Å². The van der Waals surface area contributed by atoms with E-state index < -0.39 is 23.4 Å². The Kier molecular flexibility index (Phi) is 5.89. The van der Waals surface area contributed by atoms with Crippen molar-refractivity contribution in [2.45, 2.75) is 32.5 Å².